The second kappa shape index (κ2) is 8.13. The summed E-state index contributed by atoms with van der Waals surface area (Å²) in [4.78, 5) is 16.6. The minimum Gasteiger partial charge on any atom is -0.395 e. The Morgan fingerprint density at radius 1 is 1.26 bits per heavy atom. The molecule has 2 atom stereocenters. The fourth-order valence-electron chi connectivity index (χ4n) is 2.29. The molecule has 2 N–H and O–H groups in total. The summed E-state index contributed by atoms with van der Waals surface area (Å²) in [5, 5.41) is 12.2. The number of aliphatic hydroxyl groups excluding tert-OH is 1. The molecule has 23 heavy (non-hydrogen) atoms. The van der Waals surface area contributed by atoms with Gasteiger partial charge in [-0.05, 0) is 31.7 Å². The summed E-state index contributed by atoms with van der Waals surface area (Å²) in [5.41, 5.74) is 3.65. The van der Waals surface area contributed by atoms with E-state index in [2.05, 4.69) is 10.3 Å². The summed E-state index contributed by atoms with van der Waals surface area (Å²) in [6.45, 7) is 3.97. The molecule has 2 unspecified atom stereocenters. The lowest BCUT2D eigenvalue weighted by Gasteiger charge is -2.21. The van der Waals surface area contributed by atoms with Crippen LogP contribution in [-0.4, -0.2) is 40.2 Å². The minimum atomic E-state index is -0.175. The van der Waals surface area contributed by atoms with Crippen LogP contribution in [0.25, 0.3) is 11.1 Å². The zero-order valence-corrected chi connectivity index (χ0v) is 14.4. The summed E-state index contributed by atoms with van der Waals surface area (Å²) in [5.74, 6) is -0.175. The van der Waals surface area contributed by atoms with Crippen molar-refractivity contribution in [2.45, 2.75) is 25.1 Å². The molecule has 0 spiro atoms. The van der Waals surface area contributed by atoms with E-state index >= 15 is 0 Å². The third-order valence-electron chi connectivity index (χ3n) is 3.78. The largest absolute Gasteiger partial charge is 0.395 e. The molecule has 1 aromatic carbocycles. The van der Waals surface area contributed by atoms with Crippen LogP contribution >= 0.6 is 11.8 Å². The van der Waals surface area contributed by atoms with Gasteiger partial charge in [-0.3, -0.25) is 9.78 Å². The highest BCUT2D eigenvalue weighted by Crippen LogP contribution is 2.20. The summed E-state index contributed by atoms with van der Waals surface area (Å²) in [7, 11) is 0. The van der Waals surface area contributed by atoms with Crippen molar-refractivity contribution in [1.29, 1.82) is 0 Å². The molecule has 0 saturated heterocycles. The number of rotatable bonds is 6. The first-order chi connectivity index (χ1) is 11.0. The highest BCUT2D eigenvalue weighted by molar-refractivity contribution is 7.99. The lowest BCUT2D eigenvalue weighted by Crippen LogP contribution is -2.41. The smallest absolute Gasteiger partial charge is 0.253 e. The van der Waals surface area contributed by atoms with Crippen molar-refractivity contribution in [3.63, 3.8) is 0 Å². The molecule has 122 valence electrons. The number of nitrogens with one attached hydrogen (secondary N) is 1. The van der Waals surface area contributed by atoms with E-state index in [9.17, 15) is 9.90 Å². The quantitative estimate of drug-likeness (QED) is 0.855. The van der Waals surface area contributed by atoms with Crippen LogP contribution in [0.3, 0.4) is 0 Å². The van der Waals surface area contributed by atoms with Gasteiger partial charge in [0, 0.05) is 29.2 Å². The van der Waals surface area contributed by atoms with Crippen molar-refractivity contribution in [3.05, 3.63) is 53.9 Å². The number of nitrogens with zero attached hydrogens (tertiary/aromatic N) is 1. The minimum absolute atomic E-state index is 0.0211. The maximum absolute atomic E-state index is 12.4. The van der Waals surface area contributed by atoms with Crippen molar-refractivity contribution in [1.82, 2.24) is 10.3 Å². The first-order valence-electron chi connectivity index (χ1n) is 7.51. The highest BCUT2D eigenvalue weighted by atomic mass is 32.2. The van der Waals surface area contributed by atoms with Gasteiger partial charge in [0.05, 0.1) is 12.2 Å². The van der Waals surface area contributed by atoms with Gasteiger partial charge in [-0.25, -0.2) is 0 Å². The molecule has 0 saturated carbocycles. The molecule has 0 aliphatic heterocycles. The Bertz CT molecular complexity index is 654. The Morgan fingerprint density at radius 2 is 1.96 bits per heavy atom. The molecule has 0 fully saturated rings. The van der Waals surface area contributed by atoms with E-state index in [1.54, 1.807) is 12.4 Å². The SMILES string of the molecule is CSC(CO)C(C)NC(=O)c1cncc(-c2ccc(C)cc2)c1. The first-order valence-corrected chi connectivity index (χ1v) is 8.80. The summed E-state index contributed by atoms with van der Waals surface area (Å²) in [6.07, 6.45) is 5.24. The Kier molecular flexibility index (Phi) is 6.19. The van der Waals surface area contributed by atoms with E-state index in [0.29, 0.717) is 5.56 Å². The maximum Gasteiger partial charge on any atom is 0.253 e. The van der Waals surface area contributed by atoms with Gasteiger partial charge >= 0.3 is 0 Å². The van der Waals surface area contributed by atoms with Crippen LogP contribution in [-0.2, 0) is 0 Å². The van der Waals surface area contributed by atoms with E-state index in [4.69, 9.17) is 0 Å². The van der Waals surface area contributed by atoms with Crippen LogP contribution in [0.1, 0.15) is 22.8 Å². The predicted octanol–water partition coefficient (Wildman–Crippen LogP) is 2.90. The summed E-state index contributed by atoms with van der Waals surface area (Å²) < 4.78 is 0. The van der Waals surface area contributed by atoms with Gasteiger partial charge < -0.3 is 10.4 Å². The second-order valence-corrected chi connectivity index (χ2v) is 6.62. The van der Waals surface area contributed by atoms with Gasteiger partial charge in [0.25, 0.3) is 5.91 Å². The molecular weight excluding hydrogens is 308 g/mol. The van der Waals surface area contributed by atoms with Gasteiger partial charge in [-0.1, -0.05) is 29.8 Å². The van der Waals surface area contributed by atoms with Crippen molar-refractivity contribution in [3.8, 4) is 11.1 Å². The highest BCUT2D eigenvalue weighted by Gasteiger charge is 2.18. The monoisotopic (exact) mass is 330 g/mol. The molecule has 0 aliphatic carbocycles. The van der Waals surface area contributed by atoms with E-state index in [-0.39, 0.29) is 23.8 Å². The Labute approximate surface area is 141 Å². The number of hydrogen-bond acceptors (Lipinski definition) is 4. The predicted molar refractivity (Wildman–Crippen MR) is 95.7 cm³/mol. The van der Waals surface area contributed by atoms with E-state index < -0.39 is 0 Å². The molecule has 0 aliphatic rings. The van der Waals surface area contributed by atoms with Crippen LogP contribution in [0.15, 0.2) is 42.7 Å². The zero-order chi connectivity index (χ0) is 16.8. The third kappa shape index (κ3) is 4.56. The molecule has 1 heterocycles. The fourth-order valence-corrected chi connectivity index (χ4v) is 2.91. The van der Waals surface area contributed by atoms with Crippen molar-refractivity contribution in [2.24, 2.45) is 0 Å². The van der Waals surface area contributed by atoms with Crippen molar-refractivity contribution < 1.29 is 9.90 Å². The molecule has 0 bridgehead atoms. The lowest BCUT2D eigenvalue weighted by molar-refractivity contribution is 0.0935. The number of carbonyl (C=O) groups is 1. The van der Waals surface area contributed by atoms with E-state index in [0.717, 1.165) is 11.1 Å². The molecule has 2 rings (SSSR count). The van der Waals surface area contributed by atoms with Gasteiger partial charge in [-0.15, -0.1) is 0 Å². The Hall–Kier alpha value is -1.85. The van der Waals surface area contributed by atoms with Crippen LogP contribution in [0.2, 0.25) is 0 Å². The van der Waals surface area contributed by atoms with E-state index in [1.807, 2.05) is 50.4 Å². The first kappa shape index (κ1) is 17.5. The molecule has 1 aromatic heterocycles. The fraction of sp³-hybridized carbons (Fsp3) is 0.333. The molecular formula is C18H22N2O2S. The molecule has 0 radical (unpaired) electrons. The number of aryl methyl sites for hydroxylation is 1. The molecule has 5 heteroatoms. The second-order valence-electron chi connectivity index (χ2n) is 5.55. The number of amides is 1. The summed E-state index contributed by atoms with van der Waals surface area (Å²) in [6, 6.07) is 9.83. The molecule has 1 amide bonds. The maximum atomic E-state index is 12.4. The van der Waals surface area contributed by atoms with Gasteiger partial charge in [0.15, 0.2) is 0 Å². The summed E-state index contributed by atoms with van der Waals surface area (Å²) >= 11 is 1.54. The van der Waals surface area contributed by atoms with Gasteiger partial charge in [-0.2, -0.15) is 11.8 Å². The zero-order valence-electron chi connectivity index (χ0n) is 13.6. The number of benzene rings is 1. The number of aromatic nitrogens is 1. The van der Waals surface area contributed by atoms with Crippen LogP contribution in [0, 0.1) is 6.92 Å². The third-order valence-corrected chi connectivity index (χ3v) is 4.95. The van der Waals surface area contributed by atoms with Gasteiger partial charge in [0.2, 0.25) is 0 Å². The van der Waals surface area contributed by atoms with Crippen molar-refractivity contribution in [2.75, 3.05) is 12.9 Å². The van der Waals surface area contributed by atoms with Crippen LogP contribution in [0.5, 0.6) is 0 Å². The van der Waals surface area contributed by atoms with E-state index in [1.165, 1.54) is 17.3 Å². The Balaban J connectivity index is 2.16. The number of hydrogen-bond donors (Lipinski definition) is 2. The van der Waals surface area contributed by atoms with Crippen LogP contribution < -0.4 is 5.32 Å². The standard InChI is InChI=1S/C18H22N2O2S/c1-12-4-6-14(7-5-12)15-8-16(10-19-9-15)18(22)20-13(2)17(11-21)23-3/h4-10,13,17,21H,11H2,1-3H3,(H,20,22). The normalized spacial score (nSPS) is 13.4. The van der Waals surface area contributed by atoms with Gasteiger partial charge in [0.1, 0.15) is 0 Å². The topological polar surface area (TPSA) is 62.2 Å². The molecule has 2 aromatic rings. The average molecular weight is 330 g/mol. The Morgan fingerprint density at radius 3 is 2.57 bits per heavy atom. The number of pyridine rings is 1. The van der Waals surface area contributed by atoms with Crippen molar-refractivity contribution >= 4 is 17.7 Å². The number of carbonyl (C=O) groups excluding carboxylic acids is 1. The average Bonchev–Trinajstić information content (AvgIpc) is 2.56. The number of thioether (sulfide) groups is 1. The van der Waals surface area contributed by atoms with Crippen LogP contribution in [0.4, 0.5) is 0 Å². The number of aliphatic hydroxyl groups is 1. The lowest BCUT2D eigenvalue weighted by atomic mass is 10.0. The molecule has 4 nitrogen and oxygen atoms in total.